The zero-order valence-electron chi connectivity index (χ0n) is 15.9. The average Bonchev–Trinajstić information content (AvgIpc) is 2.68. The quantitative estimate of drug-likeness (QED) is 0.593. The Labute approximate surface area is 158 Å². The highest BCUT2D eigenvalue weighted by atomic mass is 16.5. The van der Waals surface area contributed by atoms with E-state index in [1.165, 1.54) is 13.2 Å². The van der Waals surface area contributed by atoms with E-state index in [1.807, 2.05) is 19.9 Å². The molecular weight excluding hydrogens is 346 g/mol. The number of anilines is 1. The molecule has 142 valence electrons. The molecule has 2 aromatic rings. The lowest BCUT2D eigenvalue weighted by atomic mass is 10.1. The number of amides is 1. The van der Waals surface area contributed by atoms with Crippen LogP contribution in [0, 0.1) is 6.92 Å². The monoisotopic (exact) mass is 369 g/mol. The van der Waals surface area contributed by atoms with Crippen molar-refractivity contribution >= 4 is 23.6 Å². The molecule has 6 nitrogen and oxygen atoms in total. The fourth-order valence-electron chi connectivity index (χ4n) is 2.46. The number of esters is 1. The normalized spacial score (nSPS) is 10.5. The van der Waals surface area contributed by atoms with Gasteiger partial charge in [0.2, 0.25) is 5.91 Å². The van der Waals surface area contributed by atoms with Crippen LogP contribution in [0.4, 0.5) is 5.69 Å². The number of aryl methyl sites for hydroxylation is 1. The van der Waals surface area contributed by atoms with Crippen LogP contribution >= 0.6 is 0 Å². The molecule has 2 rings (SSSR count). The van der Waals surface area contributed by atoms with Crippen molar-refractivity contribution in [2.24, 2.45) is 0 Å². The molecule has 0 atom stereocenters. The van der Waals surface area contributed by atoms with Crippen molar-refractivity contribution in [1.82, 2.24) is 0 Å². The number of hydrogen-bond acceptors (Lipinski definition) is 5. The topological polar surface area (TPSA) is 73.9 Å². The highest BCUT2D eigenvalue weighted by molar-refractivity contribution is 6.02. The summed E-state index contributed by atoms with van der Waals surface area (Å²) >= 11 is 0. The maximum absolute atomic E-state index is 12.2. The Hall–Kier alpha value is -3.28. The molecule has 1 N–H and O–H groups in total. The van der Waals surface area contributed by atoms with Gasteiger partial charge in [0, 0.05) is 11.8 Å². The Bertz CT molecular complexity index is 858. The lowest BCUT2D eigenvalue weighted by Crippen LogP contribution is -2.10. The molecule has 0 aliphatic heterocycles. The Morgan fingerprint density at radius 2 is 1.85 bits per heavy atom. The van der Waals surface area contributed by atoms with Crippen molar-refractivity contribution in [2.75, 3.05) is 26.1 Å². The maximum atomic E-state index is 12.2. The summed E-state index contributed by atoms with van der Waals surface area (Å²) in [6, 6.07) is 10.4. The molecule has 1 amide bonds. The molecule has 0 unspecified atom stereocenters. The Morgan fingerprint density at radius 1 is 1.07 bits per heavy atom. The van der Waals surface area contributed by atoms with Gasteiger partial charge in [-0.3, -0.25) is 4.79 Å². The molecule has 2 aromatic carbocycles. The summed E-state index contributed by atoms with van der Waals surface area (Å²) in [5, 5.41) is 2.79. The molecule has 0 aliphatic rings. The molecule has 0 aromatic heterocycles. The molecular formula is C21H23NO5. The Morgan fingerprint density at radius 3 is 2.48 bits per heavy atom. The summed E-state index contributed by atoms with van der Waals surface area (Å²) in [4.78, 5) is 23.7. The minimum atomic E-state index is -0.416. The summed E-state index contributed by atoms with van der Waals surface area (Å²) in [6.07, 6.45) is 3.12. The van der Waals surface area contributed by atoms with Crippen molar-refractivity contribution < 1.29 is 23.8 Å². The van der Waals surface area contributed by atoms with Crippen LogP contribution in [-0.2, 0) is 9.53 Å². The molecule has 0 bridgehead atoms. The second-order valence-corrected chi connectivity index (χ2v) is 5.69. The second-order valence-electron chi connectivity index (χ2n) is 5.69. The fourth-order valence-corrected chi connectivity index (χ4v) is 2.46. The molecule has 27 heavy (non-hydrogen) atoms. The lowest BCUT2D eigenvalue weighted by molar-refractivity contribution is -0.111. The number of benzene rings is 2. The van der Waals surface area contributed by atoms with Gasteiger partial charge in [-0.25, -0.2) is 4.79 Å². The largest absolute Gasteiger partial charge is 0.493 e. The molecule has 0 spiro atoms. The summed E-state index contributed by atoms with van der Waals surface area (Å²) < 4.78 is 15.5. The van der Waals surface area contributed by atoms with E-state index in [1.54, 1.807) is 43.5 Å². The van der Waals surface area contributed by atoms with Crippen LogP contribution in [-0.4, -0.2) is 32.7 Å². The van der Waals surface area contributed by atoms with E-state index in [0.29, 0.717) is 29.4 Å². The van der Waals surface area contributed by atoms with Gasteiger partial charge in [-0.1, -0.05) is 6.07 Å². The van der Waals surface area contributed by atoms with E-state index in [4.69, 9.17) is 9.47 Å². The molecule has 0 aliphatic carbocycles. The first-order valence-corrected chi connectivity index (χ1v) is 8.47. The van der Waals surface area contributed by atoms with Crippen LogP contribution in [0.2, 0.25) is 0 Å². The van der Waals surface area contributed by atoms with Crippen molar-refractivity contribution in [3.63, 3.8) is 0 Å². The van der Waals surface area contributed by atoms with Gasteiger partial charge in [0.15, 0.2) is 11.5 Å². The number of nitrogens with one attached hydrogen (secondary N) is 1. The van der Waals surface area contributed by atoms with Crippen LogP contribution in [0.5, 0.6) is 11.5 Å². The van der Waals surface area contributed by atoms with Gasteiger partial charge in [0.25, 0.3) is 0 Å². The SMILES string of the molecule is CCOc1ccc(/C=C/C(=O)Nc2ccc(C(=O)OC)cc2C)cc1OC. The second kappa shape index (κ2) is 9.43. The first-order chi connectivity index (χ1) is 13.0. The Balaban J connectivity index is 2.08. The molecule has 0 saturated carbocycles. The number of methoxy groups -OCH3 is 2. The first-order valence-electron chi connectivity index (χ1n) is 8.47. The molecule has 0 heterocycles. The number of hydrogen-bond donors (Lipinski definition) is 1. The van der Waals surface area contributed by atoms with Crippen LogP contribution in [0.25, 0.3) is 6.08 Å². The summed E-state index contributed by atoms with van der Waals surface area (Å²) in [5.74, 6) is 0.564. The Kier molecular flexibility index (Phi) is 7.00. The van der Waals surface area contributed by atoms with Gasteiger partial charge in [-0.15, -0.1) is 0 Å². The smallest absolute Gasteiger partial charge is 0.337 e. The van der Waals surface area contributed by atoms with E-state index >= 15 is 0 Å². The van der Waals surface area contributed by atoms with E-state index in [0.717, 1.165) is 11.1 Å². The molecule has 6 heteroatoms. The molecule has 0 radical (unpaired) electrons. The molecule has 0 fully saturated rings. The van der Waals surface area contributed by atoms with E-state index < -0.39 is 5.97 Å². The summed E-state index contributed by atoms with van der Waals surface area (Å²) in [6.45, 7) is 4.25. The van der Waals surface area contributed by atoms with Crippen molar-refractivity contribution in [1.29, 1.82) is 0 Å². The van der Waals surface area contributed by atoms with Crippen LogP contribution in [0.15, 0.2) is 42.5 Å². The van der Waals surface area contributed by atoms with Gasteiger partial charge < -0.3 is 19.5 Å². The van der Waals surface area contributed by atoms with Crippen molar-refractivity contribution in [2.45, 2.75) is 13.8 Å². The van der Waals surface area contributed by atoms with Gasteiger partial charge in [0.05, 0.1) is 26.4 Å². The van der Waals surface area contributed by atoms with Crippen molar-refractivity contribution in [3.8, 4) is 11.5 Å². The standard InChI is InChI=1S/C21H23NO5/c1-5-27-18-10-6-15(13-19(18)25-3)7-11-20(23)22-17-9-8-16(12-14(17)2)21(24)26-4/h6-13H,5H2,1-4H3,(H,22,23)/b11-7+. The van der Waals surface area contributed by atoms with Crippen molar-refractivity contribution in [3.05, 3.63) is 59.2 Å². The van der Waals surface area contributed by atoms with Crippen LogP contribution < -0.4 is 14.8 Å². The third kappa shape index (κ3) is 5.34. The third-order valence-corrected chi connectivity index (χ3v) is 3.82. The predicted molar refractivity (Wildman–Crippen MR) is 104 cm³/mol. The summed E-state index contributed by atoms with van der Waals surface area (Å²) in [7, 11) is 2.90. The average molecular weight is 369 g/mol. The van der Waals surface area contributed by atoms with Gasteiger partial charge in [-0.05, 0) is 61.4 Å². The summed E-state index contributed by atoms with van der Waals surface area (Å²) in [5.41, 5.74) is 2.64. The van der Waals surface area contributed by atoms with E-state index in [9.17, 15) is 9.59 Å². The highest BCUT2D eigenvalue weighted by Crippen LogP contribution is 2.28. The zero-order chi connectivity index (χ0) is 19.8. The minimum Gasteiger partial charge on any atom is -0.493 e. The van der Waals surface area contributed by atoms with E-state index in [-0.39, 0.29) is 5.91 Å². The van der Waals surface area contributed by atoms with Gasteiger partial charge in [-0.2, -0.15) is 0 Å². The third-order valence-electron chi connectivity index (χ3n) is 3.82. The van der Waals surface area contributed by atoms with Crippen LogP contribution in [0.1, 0.15) is 28.4 Å². The maximum Gasteiger partial charge on any atom is 0.337 e. The predicted octanol–water partition coefficient (Wildman–Crippen LogP) is 3.84. The number of carbonyl (C=O) groups excluding carboxylic acids is 2. The van der Waals surface area contributed by atoms with Gasteiger partial charge in [0.1, 0.15) is 0 Å². The van der Waals surface area contributed by atoms with Gasteiger partial charge >= 0.3 is 5.97 Å². The number of carbonyl (C=O) groups is 2. The number of ether oxygens (including phenoxy) is 3. The highest BCUT2D eigenvalue weighted by Gasteiger charge is 2.09. The zero-order valence-corrected chi connectivity index (χ0v) is 15.9. The van der Waals surface area contributed by atoms with E-state index in [2.05, 4.69) is 10.1 Å². The fraction of sp³-hybridized carbons (Fsp3) is 0.238. The first kappa shape index (κ1) is 20.0. The minimum absolute atomic E-state index is 0.281. The van der Waals surface area contributed by atoms with Crippen LogP contribution in [0.3, 0.4) is 0 Å². The molecule has 0 saturated heterocycles. The lowest BCUT2D eigenvalue weighted by Gasteiger charge is -2.10. The number of rotatable bonds is 7.